The summed E-state index contributed by atoms with van der Waals surface area (Å²) in [6.07, 6.45) is 0.181. The number of amides is 1. The van der Waals surface area contributed by atoms with Gasteiger partial charge in [0.05, 0.1) is 68.5 Å². The zero-order valence-corrected chi connectivity index (χ0v) is 47.1. The van der Waals surface area contributed by atoms with E-state index < -0.39 is 75.0 Å². The second-order valence-corrected chi connectivity index (χ2v) is 19.7. The maximum Gasteiger partial charge on any atom is 0.306 e. The average Bonchev–Trinajstić information content (AvgIpc) is 4.02. The summed E-state index contributed by atoms with van der Waals surface area (Å²) in [5.41, 5.74) is 0. The van der Waals surface area contributed by atoms with Crippen LogP contribution in [-0.4, -0.2) is 229 Å². The number of aliphatic hydroxyl groups excluding tert-OH is 2. The number of esters is 1. The lowest BCUT2D eigenvalue weighted by molar-refractivity contribution is -0.160. The molecule has 4 aliphatic heterocycles. The van der Waals surface area contributed by atoms with Gasteiger partial charge in [0.25, 0.3) is 0 Å². The molecular formula is C49H89B4N2O17P. The topological polar surface area (TPSA) is 211 Å². The fourth-order valence-corrected chi connectivity index (χ4v) is 9.05. The van der Waals surface area contributed by atoms with Gasteiger partial charge in [-0.3, -0.25) is 9.59 Å². The van der Waals surface area contributed by atoms with Gasteiger partial charge < -0.3 is 81.5 Å². The van der Waals surface area contributed by atoms with Crippen LogP contribution in [-0.2, 0) is 70.7 Å². The number of methoxy groups -OCH3 is 2. The summed E-state index contributed by atoms with van der Waals surface area (Å²) >= 11 is 0. The van der Waals surface area contributed by atoms with Crippen LogP contribution in [0.1, 0.15) is 121 Å². The zero-order valence-electron chi connectivity index (χ0n) is 46.3. The van der Waals surface area contributed by atoms with E-state index in [4.69, 9.17) is 99.1 Å². The van der Waals surface area contributed by atoms with E-state index in [2.05, 4.69) is 17.1 Å². The van der Waals surface area contributed by atoms with Gasteiger partial charge in [-0.05, 0) is 66.2 Å². The van der Waals surface area contributed by atoms with Gasteiger partial charge in [-0.15, -0.1) is 0 Å². The van der Waals surface area contributed by atoms with Gasteiger partial charge in [-0.2, -0.15) is 0 Å². The van der Waals surface area contributed by atoms with Crippen molar-refractivity contribution in [2.24, 2.45) is 0 Å². The molecule has 4 fully saturated rings. The number of rotatable bonds is 27. The summed E-state index contributed by atoms with van der Waals surface area (Å²) in [6.45, 7) is 30.0. The molecule has 24 heteroatoms. The minimum Gasteiger partial charge on any atom is -0.457 e. The van der Waals surface area contributed by atoms with Crippen molar-refractivity contribution in [2.45, 2.75) is 242 Å². The maximum atomic E-state index is 11.9. The number of aliphatic hydroxyl groups is 2. The molecule has 1 amide bonds. The molecule has 0 spiro atoms. The normalized spacial score (nSPS) is 33.6. The van der Waals surface area contributed by atoms with Crippen molar-refractivity contribution in [1.29, 1.82) is 0 Å². The molecule has 3 N–H and O–H groups in total. The molecule has 0 bridgehead atoms. The molecule has 0 aromatic rings. The Morgan fingerprint density at radius 1 is 0.616 bits per heavy atom. The van der Waals surface area contributed by atoms with Crippen LogP contribution in [0.5, 0.6) is 0 Å². The molecule has 0 aromatic carbocycles. The van der Waals surface area contributed by atoms with Crippen molar-refractivity contribution in [1.82, 2.24) is 5.32 Å². The predicted molar refractivity (Wildman–Crippen MR) is 281 cm³/mol. The van der Waals surface area contributed by atoms with Gasteiger partial charge in [0.2, 0.25) is 12.5 Å². The van der Waals surface area contributed by atoms with Crippen molar-refractivity contribution in [3.63, 3.8) is 0 Å². The first-order valence-electron chi connectivity index (χ1n) is 26.0. The average molecular weight is 1050 g/mol. The minimum absolute atomic E-state index is 0.00215. The molecular weight excluding hydrogens is 963 g/mol. The van der Waals surface area contributed by atoms with Crippen LogP contribution in [0, 0.1) is 6.57 Å². The van der Waals surface area contributed by atoms with Crippen molar-refractivity contribution in [3.8, 4) is 0 Å². The Bertz CT molecular complexity index is 1480. The third-order valence-electron chi connectivity index (χ3n) is 12.4. The number of nitrogens with one attached hydrogen (secondary N) is 1. The van der Waals surface area contributed by atoms with Gasteiger partial charge in [0, 0.05) is 58.4 Å². The maximum absolute atomic E-state index is 11.9. The van der Waals surface area contributed by atoms with E-state index in [0.717, 1.165) is 32.1 Å². The fraction of sp³-hybridized carbons (Fsp3) is 0.939. The van der Waals surface area contributed by atoms with Crippen LogP contribution in [0.2, 0.25) is 0 Å². The molecule has 414 valence electrons. The first-order chi connectivity index (χ1) is 34.6. The van der Waals surface area contributed by atoms with E-state index in [1.807, 2.05) is 69.0 Å². The van der Waals surface area contributed by atoms with Gasteiger partial charge in [-0.25, -0.2) is 6.57 Å². The van der Waals surface area contributed by atoms with E-state index in [-0.39, 0.29) is 79.8 Å². The van der Waals surface area contributed by atoms with Crippen molar-refractivity contribution in [3.05, 3.63) is 11.4 Å². The van der Waals surface area contributed by atoms with Crippen LogP contribution in [0.4, 0.5) is 0 Å². The lowest BCUT2D eigenvalue weighted by Gasteiger charge is -2.28. The Morgan fingerprint density at radius 2 is 1.00 bits per heavy atom. The first kappa shape index (κ1) is 69.6. The highest BCUT2D eigenvalue weighted by molar-refractivity contribution is 7.46. The SMILES string of the molecule is [B][C@@H]1O[C@H](CC)C(O)[C@@H]1OC(C)COC.[B][C@@H]1O[C@H](CC)C(O)[C@@H]1OC(C)COC.[B][C@@H]1O[C@H](CC)C(OC(=O)CCC(=O)NC)[C@@H]1OC(C)CC.[B][C@@H]1O[C@H](CC)C(OP(C)OCC[N+]#[C-])[C@@H]1OC(C)CC. The van der Waals surface area contributed by atoms with Gasteiger partial charge in [0.15, 0.2) is 14.5 Å². The zero-order chi connectivity index (χ0) is 55.4. The highest BCUT2D eigenvalue weighted by Gasteiger charge is 2.47. The molecule has 4 saturated heterocycles. The molecule has 4 rings (SSSR count). The van der Waals surface area contributed by atoms with Gasteiger partial charge >= 0.3 is 5.97 Å². The van der Waals surface area contributed by atoms with Gasteiger partial charge in [0.1, 0.15) is 80.7 Å². The van der Waals surface area contributed by atoms with Crippen molar-refractivity contribution < 1.29 is 81.0 Å². The molecule has 0 aromatic heterocycles. The van der Waals surface area contributed by atoms with E-state index in [1.54, 1.807) is 14.2 Å². The fourth-order valence-electron chi connectivity index (χ4n) is 8.05. The second kappa shape index (κ2) is 38.2. The Morgan fingerprint density at radius 3 is 1.37 bits per heavy atom. The number of hydrogen-bond donors (Lipinski definition) is 3. The summed E-state index contributed by atoms with van der Waals surface area (Å²) in [6, 6.07) is -2.19. The first-order valence-corrected chi connectivity index (χ1v) is 27.6. The Balaban J connectivity index is 0.000000494. The molecule has 9 unspecified atom stereocenters. The second-order valence-electron chi connectivity index (χ2n) is 18.4. The summed E-state index contributed by atoms with van der Waals surface area (Å²) in [7, 11) is 27.1. The predicted octanol–water partition coefficient (Wildman–Crippen LogP) is 3.79. The summed E-state index contributed by atoms with van der Waals surface area (Å²) in [4.78, 5) is 26.4. The molecule has 0 aliphatic carbocycles. The highest BCUT2D eigenvalue weighted by atomic mass is 31.2. The lowest BCUT2D eigenvalue weighted by atomic mass is 9.92. The molecule has 8 radical (unpaired) electrons. The minimum atomic E-state index is -1.07. The van der Waals surface area contributed by atoms with Crippen molar-refractivity contribution >= 4 is 51.6 Å². The number of hydrogen-bond acceptors (Lipinski definition) is 17. The summed E-state index contributed by atoms with van der Waals surface area (Å²) in [5.74, 6) is -0.640. The summed E-state index contributed by atoms with van der Waals surface area (Å²) in [5, 5.41) is 22.2. The van der Waals surface area contributed by atoms with E-state index in [1.165, 1.54) is 7.05 Å². The summed E-state index contributed by atoms with van der Waals surface area (Å²) < 4.78 is 72.0. The third-order valence-corrected chi connectivity index (χ3v) is 13.5. The Kier molecular flexibility index (Phi) is 36.4. The molecule has 0 saturated carbocycles. The Labute approximate surface area is 444 Å². The molecule has 19 nitrogen and oxygen atoms in total. The molecule has 4 aliphatic rings. The van der Waals surface area contributed by atoms with E-state index in [0.29, 0.717) is 32.8 Å². The van der Waals surface area contributed by atoms with Crippen molar-refractivity contribution in [2.75, 3.05) is 54.3 Å². The largest absolute Gasteiger partial charge is 0.457 e. The number of carbonyl (C=O) groups is 2. The van der Waals surface area contributed by atoms with Gasteiger partial charge in [-0.1, -0.05) is 41.5 Å². The Hall–Kier alpha value is -1.44. The van der Waals surface area contributed by atoms with E-state index >= 15 is 0 Å². The monoisotopic (exact) mass is 1050 g/mol. The smallest absolute Gasteiger partial charge is 0.306 e. The quantitative estimate of drug-likeness (QED) is 0.0351. The number of ether oxygens (including phenoxy) is 11. The van der Waals surface area contributed by atoms with E-state index in [9.17, 15) is 19.8 Å². The number of nitrogens with zero attached hydrogens (tertiary/aromatic N) is 1. The van der Waals surface area contributed by atoms with Crippen LogP contribution >= 0.6 is 8.38 Å². The van der Waals surface area contributed by atoms with Crippen LogP contribution in [0.3, 0.4) is 0 Å². The van der Waals surface area contributed by atoms with Crippen LogP contribution < -0.4 is 5.32 Å². The standard InChI is InChI=1S/C15H26BNO5.C14H25BNO4P.2C10H19BO4/c1-5-9(3)20-14-13(10(6-2)21-15(14)16)22-12(19)8-7-11(18)17-4;1-6-10(3)18-13-12(11(7-2)19-14(13)15)20-21(5)17-9-8-16-4;2*1-4-7-8(12)9(10(11)15-7)14-6(2)5-13-3/h9-10,13-15H,5-8H2,1-4H3,(H,17,18);10-14H,6-9H2,1-3,5H3;2*6-10,12H,4-5H2,1-3H3/t9?,10-,13?,14+,15-;10?,11-,12?,13+,14-,21?;2*6?,7-,8?,9+,10-/m1111/s1. The number of carbonyl (C=O) groups excluding carboxylic acids is 2. The molecule has 21 atom stereocenters. The highest BCUT2D eigenvalue weighted by Crippen LogP contribution is 2.41. The third kappa shape index (κ3) is 24.4. The molecule has 73 heavy (non-hydrogen) atoms. The van der Waals surface area contributed by atoms with Crippen LogP contribution in [0.15, 0.2) is 0 Å². The molecule has 4 heterocycles. The van der Waals surface area contributed by atoms with Crippen LogP contribution in [0.25, 0.3) is 4.85 Å². The lowest BCUT2D eigenvalue weighted by Crippen LogP contribution is -2.41.